The van der Waals surface area contributed by atoms with Gasteiger partial charge in [-0.2, -0.15) is 13.2 Å². The van der Waals surface area contributed by atoms with Crippen molar-refractivity contribution in [3.05, 3.63) is 54.6 Å². The highest BCUT2D eigenvalue weighted by molar-refractivity contribution is 7.89. The molecule has 2 aromatic carbocycles. The maximum atomic E-state index is 12.4. The van der Waals surface area contributed by atoms with Crippen molar-refractivity contribution in [3.63, 3.8) is 0 Å². The van der Waals surface area contributed by atoms with Gasteiger partial charge in [0.05, 0.1) is 4.90 Å². The van der Waals surface area contributed by atoms with Gasteiger partial charge in [-0.25, -0.2) is 14.3 Å². The molecular weight excluding hydrogens is 305 g/mol. The van der Waals surface area contributed by atoms with Crippen LogP contribution in [0.25, 0.3) is 11.1 Å². The first kappa shape index (κ1) is 15.5. The van der Waals surface area contributed by atoms with E-state index >= 15 is 0 Å². The van der Waals surface area contributed by atoms with E-state index in [1.807, 2.05) is 6.07 Å². The van der Waals surface area contributed by atoms with Crippen LogP contribution in [0.1, 0.15) is 0 Å². The van der Waals surface area contributed by atoms with Gasteiger partial charge < -0.3 is 0 Å². The van der Waals surface area contributed by atoms with E-state index in [2.05, 4.69) is 5.84 Å². The molecule has 0 spiro atoms. The first-order valence-electron chi connectivity index (χ1n) is 5.75. The minimum atomic E-state index is -5.17. The molecule has 0 unspecified atom stereocenters. The van der Waals surface area contributed by atoms with Crippen molar-refractivity contribution in [1.29, 1.82) is 0 Å². The van der Waals surface area contributed by atoms with Gasteiger partial charge in [0.1, 0.15) is 0 Å². The summed E-state index contributed by atoms with van der Waals surface area (Å²) in [5, 5.41) is 0. The zero-order chi connectivity index (χ0) is 15.7. The van der Waals surface area contributed by atoms with Crippen LogP contribution in [-0.4, -0.2) is 19.1 Å². The quantitative estimate of drug-likeness (QED) is 0.538. The van der Waals surface area contributed by atoms with Crippen molar-refractivity contribution in [2.45, 2.75) is 11.2 Å². The van der Waals surface area contributed by atoms with E-state index in [0.717, 1.165) is 17.7 Å². The Labute approximate surface area is 119 Å². The Bertz CT molecular complexity index is 713. The number of hydrogen-bond acceptors (Lipinski definition) is 3. The van der Waals surface area contributed by atoms with Crippen LogP contribution in [0, 0.1) is 0 Å². The van der Waals surface area contributed by atoms with Crippen LogP contribution in [0.5, 0.6) is 0 Å². The van der Waals surface area contributed by atoms with Crippen LogP contribution in [0.3, 0.4) is 0 Å². The first-order chi connectivity index (χ1) is 9.73. The van der Waals surface area contributed by atoms with Gasteiger partial charge in [-0.05, 0) is 27.7 Å². The van der Waals surface area contributed by atoms with Crippen molar-refractivity contribution >= 4 is 10.0 Å². The summed E-state index contributed by atoms with van der Waals surface area (Å²) >= 11 is 0. The van der Waals surface area contributed by atoms with E-state index in [9.17, 15) is 21.6 Å². The summed E-state index contributed by atoms with van der Waals surface area (Å²) in [5.41, 5.74) is 1.51. The molecule has 0 heterocycles. The lowest BCUT2D eigenvalue weighted by atomic mass is 10.1. The van der Waals surface area contributed by atoms with Gasteiger partial charge in [-0.15, -0.1) is 0 Å². The summed E-state index contributed by atoms with van der Waals surface area (Å²) in [5.74, 6) is 4.63. The van der Waals surface area contributed by atoms with Crippen LogP contribution < -0.4 is 5.84 Å². The molecule has 0 radical (unpaired) electrons. The number of halogens is 3. The molecule has 0 aromatic heterocycles. The minimum Gasteiger partial charge on any atom is -0.247 e. The molecule has 0 saturated heterocycles. The lowest BCUT2D eigenvalue weighted by Crippen LogP contribution is -2.47. The first-order valence-corrected chi connectivity index (χ1v) is 7.19. The van der Waals surface area contributed by atoms with Crippen LogP contribution in [0.2, 0.25) is 0 Å². The van der Waals surface area contributed by atoms with Crippen molar-refractivity contribution in [3.8, 4) is 11.1 Å². The Morgan fingerprint density at radius 1 is 0.857 bits per heavy atom. The molecule has 0 aliphatic rings. The van der Waals surface area contributed by atoms with E-state index in [1.165, 1.54) is 12.1 Å². The van der Waals surface area contributed by atoms with Crippen LogP contribution in [0.15, 0.2) is 59.5 Å². The van der Waals surface area contributed by atoms with Crippen LogP contribution >= 0.6 is 0 Å². The number of rotatable bonds is 3. The molecule has 2 aromatic rings. The van der Waals surface area contributed by atoms with Crippen molar-refractivity contribution in [1.82, 2.24) is 4.41 Å². The van der Waals surface area contributed by atoms with E-state index in [-0.39, 0.29) is 0 Å². The predicted molar refractivity (Wildman–Crippen MR) is 71.1 cm³/mol. The Kier molecular flexibility index (Phi) is 4.04. The molecule has 0 fully saturated rings. The third-order valence-corrected chi connectivity index (χ3v) is 4.36. The summed E-state index contributed by atoms with van der Waals surface area (Å²) in [6.45, 7) is 0. The van der Waals surface area contributed by atoms with Crippen molar-refractivity contribution < 1.29 is 21.6 Å². The van der Waals surface area contributed by atoms with Gasteiger partial charge in [0.2, 0.25) is 0 Å². The Hall–Kier alpha value is -1.90. The summed E-state index contributed by atoms with van der Waals surface area (Å²) in [6, 6.07) is 14.0. The fourth-order valence-corrected chi connectivity index (χ4v) is 2.68. The van der Waals surface area contributed by atoms with E-state index in [1.54, 1.807) is 24.3 Å². The van der Waals surface area contributed by atoms with E-state index in [4.69, 9.17) is 0 Å². The van der Waals surface area contributed by atoms with Gasteiger partial charge >= 0.3 is 6.30 Å². The summed E-state index contributed by atoms with van der Waals surface area (Å²) in [7, 11) is -4.81. The maximum absolute atomic E-state index is 12.4. The average Bonchev–Trinajstić information content (AvgIpc) is 2.46. The number of nitrogens with zero attached hydrogens (tertiary/aromatic N) is 1. The minimum absolute atomic E-state index is 0.526. The highest BCUT2D eigenvalue weighted by atomic mass is 32.2. The number of nitrogens with two attached hydrogens (primary N) is 1. The van der Waals surface area contributed by atoms with Crippen LogP contribution in [0.4, 0.5) is 13.2 Å². The normalized spacial score (nSPS) is 12.6. The SMILES string of the molecule is NN(C(F)(F)F)S(=O)(=O)c1ccc(-c2ccccc2)cc1. The second kappa shape index (κ2) is 5.47. The molecule has 4 nitrogen and oxygen atoms in total. The van der Waals surface area contributed by atoms with Crippen molar-refractivity contribution in [2.75, 3.05) is 0 Å². The van der Waals surface area contributed by atoms with Gasteiger partial charge in [-0.3, -0.25) is 0 Å². The fourth-order valence-electron chi connectivity index (χ4n) is 1.70. The Morgan fingerprint density at radius 2 is 1.33 bits per heavy atom. The number of hydrazine groups is 1. The number of benzene rings is 2. The molecule has 0 amide bonds. The Balaban J connectivity index is 2.36. The highest BCUT2D eigenvalue weighted by Crippen LogP contribution is 2.27. The summed E-state index contributed by atoms with van der Waals surface area (Å²) in [4.78, 5) is -0.526. The molecule has 0 aliphatic heterocycles. The number of alkyl halides is 3. The van der Waals surface area contributed by atoms with E-state index < -0.39 is 25.6 Å². The van der Waals surface area contributed by atoms with Gasteiger partial charge in [0.25, 0.3) is 10.0 Å². The average molecular weight is 316 g/mol. The number of hydrogen-bond donors (Lipinski definition) is 1. The van der Waals surface area contributed by atoms with E-state index in [0.29, 0.717) is 5.56 Å². The molecular formula is C13H11F3N2O2S. The topological polar surface area (TPSA) is 63.4 Å². The molecule has 0 aliphatic carbocycles. The molecule has 112 valence electrons. The monoisotopic (exact) mass is 316 g/mol. The molecule has 2 rings (SSSR count). The second-order valence-corrected chi connectivity index (χ2v) is 5.97. The summed E-state index contributed by atoms with van der Waals surface area (Å²) < 4.78 is 59.5. The lowest BCUT2D eigenvalue weighted by Gasteiger charge is -2.19. The van der Waals surface area contributed by atoms with Gasteiger partial charge in [0.15, 0.2) is 0 Å². The lowest BCUT2D eigenvalue weighted by molar-refractivity contribution is -0.211. The van der Waals surface area contributed by atoms with Gasteiger partial charge in [-0.1, -0.05) is 42.5 Å². The fraction of sp³-hybridized carbons (Fsp3) is 0.0769. The molecule has 8 heteroatoms. The third kappa shape index (κ3) is 3.23. The molecule has 21 heavy (non-hydrogen) atoms. The maximum Gasteiger partial charge on any atom is 0.487 e. The molecule has 0 atom stereocenters. The third-order valence-electron chi connectivity index (χ3n) is 2.77. The highest BCUT2D eigenvalue weighted by Gasteiger charge is 2.44. The largest absolute Gasteiger partial charge is 0.487 e. The number of sulfonamides is 1. The standard InChI is InChI=1S/C13H11F3N2O2S/c14-13(15,16)18(17)21(19,20)12-8-6-11(7-9-12)10-4-2-1-3-5-10/h1-9H,17H2. The second-order valence-electron chi connectivity index (χ2n) is 4.16. The van der Waals surface area contributed by atoms with Crippen LogP contribution in [-0.2, 0) is 10.0 Å². The zero-order valence-electron chi connectivity index (χ0n) is 10.6. The zero-order valence-corrected chi connectivity index (χ0v) is 11.4. The van der Waals surface area contributed by atoms with Gasteiger partial charge in [0, 0.05) is 0 Å². The van der Waals surface area contributed by atoms with Crippen molar-refractivity contribution in [2.24, 2.45) is 5.84 Å². The molecule has 0 saturated carbocycles. The Morgan fingerprint density at radius 3 is 1.81 bits per heavy atom. The molecule has 2 N–H and O–H groups in total. The molecule has 0 bridgehead atoms. The smallest absolute Gasteiger partial charge is 0.247 e. The predicted octanol–water partition coefficient (Wildman–Crippen LogP) is 2.74. The summed E-state index contributed by atoms with van der Waals surface area (Å²) in [6.07, 6.45) is -5.17.